The van der Waals surface area contributed by atoms with E-state index in [0.717, 1.165) is 11.4 Å². The molecule has 0 fully saturated rings. The van der Waals surface area contributed by atoms with E-state index in [9.17, 15) is 4.79 Å². The largest absolute Gasteiger partial charge is 0.467 e. The second-order valence-corrected chi connectivity index (χ2v) is 5.57. The Morgan fingerprint density at radius 3 is 2.65 bits per heavy atom. The zero-order valence-corrected chi connectivity index (χ0v) is 11.9. The molecule has 0 aliphatic carbocycles. The molecule has 0 radical (unpaired) electrons. The predicted octanol–water partition coefficient (Wildman–Crippen LogP) is 2.82. The Bertz CT molecular complexity index is 554. The number of nitrogens with one attached hydrogen (secondary N) is 2. The fraction of sp³-hybridized carbons (Fsp3) is 0.333. The van der Waals surface area contributed by atoms with E-state index in [4.69, 9.17) is 4.42 Å². The third kappa shape index (κ3) is 4.12. The quantitative estimate of drug-likeness (QED) is 0.899. The Balaban J connectivity index is 1.94. The molecule has 0 aliphatic rings. The zero-order valence-electron chi connectivity index (χ0n) is 11.9. The summed E-state index contributed by atoms with van der Waals surface area (Å²) in [7, 11) is 0. The van der Waals surface area contributed by atoms with Gasteiger partial charge in [0.1, 0.15) is 11.5 Å². The molecule has 0 atom stereocenters. The zero-order chi connectivity index (χ0) is 14.6. The van der Waals surface area contributed by atoms with E-state index >= 15 is 0 Å². The van der Waals surface area contributed by atoms with Crippen molar-refractivity contribution in [1.29, 1.82) is 0 Å². The van der Waals surface area contributed by atoms with Crippen molar-refractivity contribution in [3.05, 3.63) is 48.2 Å². The maximum absolute atomic E-state index is 11.9. The summed E-state index contributed by atoms with van der Waals surface area (Å²) >= 11 is 0. The van der Waals surface area contributed by atoms with Gasteiger partial charge >= 0.3 is 0 Å². The van der Waals surface area contributed by atoms with Crippen LogP contribution in [-0.4, -0.2) is 16.4 Å². The number of carbonyl (C=O) groups excluding carboxylic acids is 1. The summed E-state index contributed by atoms with van der Waals surface area (Å²) in [5.74, 6) is 0.676. The van der Waals surface area contributed by atoms with Crippen LogP contribution in [0.4, 0.5) is 5.69 Å². The number of hydrogen-bond donors (Lipinski definition) is 2. The Hall–Kier alpha value is -2.30. The van der Waals surface area contributed by atoms with Crippen LogP contribution in [0.5, 0.6) is 0 Å². The number of rotatable bonds is 4. The molecule has 2 aromatic rings. The molecule has 0 aliphatic heterocycles. The van der Waals surface area contributed by atoms with Crippen molar-refractivity contribution >= 4 is 11.6 Å². The molecule has 0 unspecified atom stereocenters. The molecule has 106 valence electrons. The summed E-state index contributed by atoms with van der Waals surface area (Å²) in [5.41, 5.74) is 0.979. The molecular formula is C15H19N3O2. The number of furan rings is 1. The minimum absolute atomic E-state index is 0.171. The smallest absolute Gasteiger partial charge is 0.270 e. The van der Waals surface area contributed by atoms with Gasteiger partial charge in [-0.05, 0) is 45.0 Å². The number of pyridine rings is 1. The fourth-order valence-corrected chi connectivity index (χ4v) is 1.64. The standard InChI is InChI=1S/C15H19N3O2/c1-15(2,3)18-14(19)13-7-6-11(9-17-13)16-10-12-5-4-8-20-12/h4-9,16H,10H2,1-3H3,(H,18,19). The number of hydrogen-bond acceptors (Lipinski definition) is 4. The van der Waals surface area contributed by atoms with Gasteiger partial charge in [-0.25, -0.2) is 4.98 Å². The molecule has 5 heteroatoms. The minimum atomic E-state index is -0.269. The highest BCUT2D eigenvalue weighted by molar-refractivity contribution is 5.92. The third-order valence-corrected chi connectivity index (χ3v) is 2.53. The predicted molar refractivity (Wildman–Crippen MR) is 77.5 cm³/mol. The summed E-state index contributed by atoms with van der Waals surface area (Å²) in [6, 6.07) is 7.26. The lowest BCUT2D eigenvalue weighted by molar-refractivity contribution is 0.0914. The number of aromatic nitrogens is 1. The van der Waals surface area contributed by atoms with Gasteiger partial charge in [0.15, 0.2) is 0 Å². The highest BCUT2D eigenvalue weighted by Crippen LogP contribution is 2.10. The highest BCUT2D eigenvalue weighted by Gasteiger charge is 2.15. The second-order valence-electron chi connectivity index (χ2n) is 5.57. The lowest BCUT2D eigenvalue weighted by atomic mass is 10.1. The van der Waals surface area contributed by atoms with Crippen LogP contribution in [-0.2, 0) is 6.54 Å². The molecule has 0 saturated carbocycles. The first-order valence-electron chi connectivity index (χ1n) is 6.49. The van der Waals surface area contributed by atoms with Gasteiger partial charge in [0.25, 0.3) is 5.91 Å². The van der Waals surface area contributed by atoms with Crippen LogP contribution in [0.2, 0.25) is 0 Å². The van der Waals surface area contributed by atoms with E-state index in [0.29, 0.717) is 12.2 Å². The van der Waals surface area contributed by atoms with E-state index in [-0.39, 0.29) is 11.4 Å². The van der Waals surface area contributed by atoms with E-state index in [1.54, 1.807) is 18.5 Å². The molecule has 1 amide bonds. The lowest BCUT2D eigenvalue weighted by Crippen LogP contribution is -2.40. The van der Waals surface area contributed by atoms with E-state index < -0.39 is 0 Å². The van der Waals surface area contributed by atoms with Crippen molar-refractivity contribution in [2.24, 2.45) is 0 Å². The molecule has 2 aromatic heterocycles. The maximum atomic E-state index is 11.9. The first-order valence-corrected chi connectivity index (χ1v) is 6.49. The Morgan fingerprint density at radius 1 is 1.30 bits per heavy atom. The first kappa shape index (κ1) is 14.1. The molecule has 20 heavy (non-hydrogen) atoms. The van der Waals surface area contributed by atoms with E-state index in [2.05, 4.69) is 15.6 Å². The number of amides is 1. The van der Waals surface area contributed by atoms with Crippen LogP contribution < -0.4 is 10.6 Å². The SMILES string of the molecule is CC(C)(C)NC(=O)c1ccc(NCc2ccco2)cn1. The normalized spacial score (nSPS) is 11.2. The highest BCUT2D eigenvalue weighted by atomic mass is 16.3. The maximum Gasteiger partial charge on any atom is 0.270 e. The molecule has 0 bridgehead atoms. The lowest BCUT2D eigenvalue weighted by Gasteiger charge is -2.20. The van der Waals surface area contributed by atoms with Gasteiger partial charge < -0.3 is 15.1 Å². The van der Waals surface area contributed by atoms with Gasteiger partial charge in [-0.3, -0.25) is 4.79 Å². The Kier molecular flexibility index (Phi) is 4.08. The Labute approximate surface area is 118 Å². The summed E-state index contributed by atoms with van der Waals surface area (Å²) in [5, 5.41) is 6.05. The Morgan fingerprint density at radius 2 is 2.10 bits per heavy atom. The summed E-state index contributed by atoms with van der Waals surface area (Å²) in [6.45, 7) is 6.39. The molecule has 2 heterocycles. The van der Waals surface area contributed by atoms with Crippen molar-refractivity contribution in [1.82, 2.24) is 10.3 Å². The average Bonchev–Trinajstić information content (AvgIpc) is 2.88. The molecule has 5 nitrogen and oxygen atoms in total. The summed E-state index contributed by atoms with van der Waals surface area (Å²) < 4.78 is 5.22. The fourth-order valence-electron chi connectivity index (χ4n) is 1.64. The molecule has 0 aromatic carbocycles. The molecule has 2 N–H and O–H groups in total. The number of carbonyl (C=O) groups is 1. The second kappa shape index (κ2) is 5.77. The number of nitrogens with zero attached hydrogens (tertiary/aromatic N) is 1. The number of anilines is 1. The van der Waals surface area contributed by atoms with Crippen molar-refractivity contribution in [2.75, 3.05) is 5.32 Å². The molecule has 0 spiro atoms. The van der Waals surface area contributed by atoms with Crippen LogP contribution in [0.3, 0.4) is 0 Å². The van der Waals surface area contributed by atoms with Crippen LogP contribution in [0.15, 0.2) is 41.1 Å². The molecular weight excluding hydrogens is 254 g/mol. The van der Waals surface area contributed by atoms with Gasteiger partial charge in [0, 0.05) is 5.54 Å². The van der Waals surface area contributed by atoms with Crippen LogP contribution in [0, 0.1) is 0 Å². The van der Waals surface area contributed by atoms with Gasteiger partial charge in [-0.1, -0.05) is 0 Å². The van der Waals surface area contributed by atoms with Gasteiger partial charge in [-0.2, -0.15) is 0 Å². The summed E-state index contributed by atoms with van der Waals surface area (Å²) in [4.78, 5) is 16.1. The first-order chi connectivity index (χ1) is 9.44. The summed E-state index contributed by atoms with van der Waals surface area (Å²) in [6.07, 6.45) is 3.27. The van der Waals surface area contributed by atoms with Gasteiger partial charge in [0.05, 0.1) is 24.7 Å². The monoisotopic (exact) mass is 273 g/mol. The van der Waals surface area contributed by atoms with Crippen LogP contribution in [0.25, 0.3) is 0 Å². The van der Waals surface area contributed by atoms with Crippen molar-refractivity contribution in [3.8, 4) is 0 Å². The van der Waals surface area contributed by atoms with Gasteiger partial charge in [0.2, 0.25) is 0 Å². The molecule has 0 saturated heterocycles. The minimum Gasteiger partial charge on any atom is -0.467 e. The van der Waals surface area contributed by atoms with Crippen molar-refractivity contribution in [3.63, 3.8) is 0 Å². The topological polar surface area (TPSA) is 67.2 Å². The van der Waals surface area contributed by atoms with Crippen molar-refractivity contribution < 1.29 is 9.21 Å². The molecule has 2 rings (SSSR count). The van der Waals surface area contributed by atoms with Crippen LogP contribution in [0.1, 0.15) is 37.0 Å². The van der Waals surface area contributed by atoms with Crippen molar-refractivity contribution in [2.45, 2.75) is 32.9 Å². The van der Waals surface area contributed by atoms with Gasteiger partial charge in [-0.15, -0.1) is 0 Å². The average molecular weight is 273 g/mol. The third-order valence-electron chi connectivity index (χ3n) is 2.53. The van der Waals surface area contributed by atoms with E-state index in [1.807, 2.05) is 39.0 Å². The van der Waals surface area contributed by atoms with E-state index in [1.165, 1.54) is 0 Å². The van der Waals surface area contributed by atoms with Crippen LogP contribution >= 0.6 is 0 Å².